The molecule has 0 saturated carbocycles. The van der Waals surface area contributed by atoms with E-state index >= 15 is 0 Å². The van der Waals surface area contributed by atoms with Crippen molar-refractivity contribution >= 4 is 30.5 Å². The van der Waals surface area contributed by atoms with E-state index in [1.54, 1.807) is 14.2 Å². The Morgan fingerprint density at radius 1 is 0.804 bits per heavy atom. The summed E-state index contributed by atoms with van der Waals surface area (Å²) in [5, 5.41) is 22.8. The van der Waals surface area contributed by atoms with Gasteiger partial charge >= 0.3 is 0 Å². The number of likely N-dealkylation sites (N-methyl/N-ethyl adjacent to an activating group) is 1. The summed E-state index contributed by atoms with van der Waals surface area (Å²) >= 11 is 0. The first-order valence-electron chi connectivity index (χ1n) is 15.0. The van der Waals surface area contributed by atoms with Gasteiger partial charge in [0.1, 0.15) is 12.4 Å². The molecule has 6 heterocycles. The van der Waals surface area contributed by atoms with Crippen LogP contribution in [0, 0.1) is 0 Å². The van der Waals surface area contributed by atoms with Crippen LogP contribution in [-0.4, -0.2) is 55.2 Å². The van der Waals surface area contributed by atoms with Crippen molar-refractivity contribution in [2.45, 2.75) is 38.3 Å². The summed E-state index contributed by atoms with van der Waals surface area (Å²) < 4.78 is 23.9. The Morgan fingerprint density at radius 3 is 2.20 bits per heavy atom. The van der Waals surface area contributed by atoms with Gasteiger partial charge in [-0.05, 0) is 78.4 Å². The molecule has 0 aromatic heterocycles. The van der Waals surface area contributed by atoms with Gasteiger partial charge in [0.25, 0.3) is 0 Å². The van der Waals surface area contributed by atoms with Gasteiger partial charge in [-0.15, -0.1) is 24.8 Å². The molecule has 4 aromatic rings. The van der Waals surface area contributed by atoms with Crippen LogP contribution in [0.1, 0.15) is 45.0 Å². The van der Waals surface area contributed by atoms with E-state index in [2.05, 4.69) is 36.2 Å². The van der Waals surface area contributed by atoms with Crippen LogP contribution < -0.4 is 18.9 Å². The van der Waals surface area contributed by atoms with Gasteiger partial charge in [0.05, 0.1) is 19.9 Å². The van der Waals surface area contributed by atoms with Crippen LogP contribution in [-0.2, 0) is 32.3 Å². The lowest BCUT2D eigenvalue weighted by Gasteiger charge is -2.36. The number of aliphatic imine (C=N–C) groups is 1. The molecule has 8 nitrogen and oxygen atoms in total. The Balaban J connectivity index is 0.00000208. The zero-order chi connectivity index (χ0) is 30.4. The number of aromatic hydroxyl groups is 2. The molecular weight excluding hydrogens is 627 g/mol. The van der Waals surface area contributed by atoms with Crippen molar-refractivity contribution in [2.24, 2.45) is 4.99 Å². The number of hydrogen-bond donors (Lipinski definition) is 2. The number of ether oxygens (including phenoxy) is 4. The summed E-state index contributed by atoms with van der Waals surface area (Å²) in [6, 6.07) is 20.0. The molecule has 0 saturated heterocycles. The fraction of sp³-hybridized carbons (Fsp3) is 0.306. The third kappa shape index (κ3) is 6.05. The molecule has 46 heavy (non-hydrogen) atoms. The van der Waals surface area contributed by atoms with Crippen molar-refractivity contribution in [1.29, 1.82) is 0 Å². The Labute approximate surface area is 281 Å². The number of nitrogens with zero attached hydrogens (tertiary/aromatic N) is 2. The van der Waals surface area contributed by atoms with E-state index in [9.17, 15) is 10.2 Å². The highest BCUT2D eigenvalue weighted by atomic mass is 35.5. The first kappa shape index (κ1) is 33.3. The lowest BCUT2D eigenvalue weighted by atomic mass is 9.87. The second-order valence-electron chi connectivity index (χ2n) is 11.7. The smallest absolute Gasteiger partial charge is 0.204 e. The Bertz CT molecular complexity index is 1760. The van der Waals surface area contributed by atoms with Gasteiger partial charge in [-0.1, -0.05) is 36.4 Å². The number of rotatable bonds is 2. The predicted octanol–water partition coefficient (Wildman–Crippen LogP) is 7.00. The first-order chi connectivity index (χ1) is 21.4. The van der Waals surface area contributed by atoms with Crippen LogP contribution in [0.25, 0.3) is 0 Å². The van der Waals surface area contributed by atoms with Gasteiger partial charge in [-0.3, -0.25) is 9.89 Å². The Hall–Kier alpha value is -4.11. The van der Waals surface area contributed by atoms with Crippen LogP contribution in [0.5, 0.6) is 40.2 Å². The molecule has 6 aliphatic heterocycles. The van der Waals surface area contributed by atoms with Gasteiger partial charge in [-0.2, -0.15) is 0 Å². The second kappa shape index (κ2) is 13.7. The van der Waals surface area contributed by atoms with E-state index in [0.29, 0.717) is 53.7 Å². The van der Waals surface area contributed by atoms with Gasteiger partial charge in [0.15, 0.2) is 23.0 Å². The highest BCUT2D eigenvalue weighted by molar-refractivity contribution is 6.07. The molecule has 242 valence electrons. The minimum absolute atomic E-state index is 0. The average Bonchev–Trinajstić information content (AvgIpc) is 3.04. The van der Waals surface area contributed by atoms with Crippen molar-refractivity contribution in [2.75, 3.05) is 34.4 Å². The fourth-order valence-corrected chi connectivity index (χ4v) is 6.61. The standard InChI is InChI=1S/C36H36N2O6.2ClH/c1-38-15-13-25-18-29(41-2)33(39)36-32(25)28(38)17-22-4-6-23(7-5-22)20-43-35-30(42-3)19-24-12-14-37-27(31(24)34(35)40)16-21-8-10-26(44-36)11-9-21;;/h4-11,18-19,28,39-40H,12-17,20H2,1-3H3;2*1H/t28-;;/m1../s1. The number of benzene rings is 4. The van der Waals surface area contributed by atoms with Crippen molar-refractivity contribution in [1.82, 2.24) is 4.90 Å². The molecule has 0 spiro atoms. The second-order valence-corrected chi connectivity index (χ2v) is 11.7. The van der Waals surface area contributed by atoms with Gasteiger partial charge in [0, 0.05) is 36.7 Å². The molecule has 0 radical (unpaired) electrons. The van der Waals surface area contributed by atoms with E-state index in [4.69, 9.17) is 23.9 Å². The Kier molecular flexibility index (Phi) is 9.91. The summed E-state index contributed by atoms with van der Waals surface area (Å²) in [4.78, 5) is 7.12. The van der Waals surface area contributed by atoms with Crippen LogP contribution in [0.2, 0.25) is 0 Å². The molecule has 0 unspecified atom stereocenters. The summed E-state index contributed by atoms with van der Waals surface area (Å²) in [6.07, 6.45) is 2.79. The number of hydrogen-bond acceptors (Lipinski definition) is 8. The van der Waals surface area contributed by atoms with E-state index in [-0.39, 0.29) is 49.0 Å². The summed E-state index contributed by atoms with van der Waals surface area (Å²) in [6.45, 7) is 1.78. The molecule has 0 fully saturated rings. The van der Waals surface area contributed by atoms with Gasteiger partial charge in [-0.25, -0.2) is 0 Å². The zero-order valence-corrected chi connectivity index (χ0v) is 27.7. The minimum atomic E-state index is -0.0139. The average molecular weight is 666 g/mol. The van der Waals surface area contributed by atoms with Crippen LogP contribution in [0.3, 0.4) is 0 Å². The number of methoxy groups -OCH3 is 2. The highest BCUT2D eigenvalue weighted by Crippen LogP contribution is 2.49. The van der Waals surface area contributed by atoms with Gasteiger partial charge < -0.3 is 29.2 Å². The van der Waals surface area contributed by atoms with Gasteiger partial charge in [0.2, 0.25) is 11.5 Å². The Morgan fingerprint density at radius 2 is 1.48 bits per heavy atom. The van der Waals surface area contributed by atoms with E-state index in [0.717, 1.165) is 58.5 Å². The maximum Gasteiger partial charge on any atom is 0.204 e. The van der Waals surface area contributed by atoms with Crippen LogP contribution >= 0.6 is 24.8 Å². The fourth-order valence-electron chi connectivity index (χ4n) is 6.61. The summed E-state index contributed by atoms with van der Waals surface area (Å²) in [7, 11) is 5.27. The molecule has 6 aliphatic rings. The maximum absolute atomic E-state index is 11.5. The van der Waals surface area contributed by atoms with E-state index in [1.165, 1.54) is 0 Å². The molecule has 1 atom stereocenters. The molecule has 0 aliphatic carbocycles. The molecule has 2 N–H and O–H groups in total. The minimum Gasteiger partial charge on any atom is -0.504 e. The molecule has 4 aromatic carbocycles. The number of phenols is 2. The van der Waals surface area contributed by atoms with Crippen LogP contribution in [0.4, 0.5) is 0 Å². The first-order valence-corrected chi connectivity index (χ1v) is 15.0. The highest BCUT2D eigenvalue weighted by Gasteiger charge is 2.33. The van der Waals surface area contributed by atoms with Crippen LogP contribution in [0.15, 0.2) is 65.7 Å². The van der Waals surface area contributed by atoms with Crippen molar-refractivity contribution in [3.05, 3.63) is 99.6 Å². The predicted molar refractivity (Wildman–Crippen MR) is 183 cm³/mol. The summed E-state index contributed by atoms with van der Waals surface area (Å²) in [5.74, 6) is 2.34. The number of halogens is 2. The van der Waals surface area contributed by atoms with Crippen molar-refractivity contribution in [3.63, 3.8) is 0 Å². The molecular formula is C36H38Cl2N2O6. The zero-order valence-electron chi connectivity index (χ0n) is 26.0. The van der Waals surface area contributed by atoms with Crippen molar-refractivity contribution in [3.8, 4) is 40.2 Å². The van der Waals surface area contributed by atoms with E-state index in [1.807, 2.05) is 36.4 Å². The monoisotopic (exact) mass is 664 g/mol. The molecule has 10 heteroatoms. The lowest BCUT2D eigenvalue weighted by molar-refractivity contribution is 0.222. The quantitative estimate of drug-likeness (QED) is 0.238. The molecule has 6 bridgehead atoms. The summed E-state index contributed by atoms with van der Waals surface area (Å²) in [5.41, 5.74) is 7.73. The normalized spacial score (nSPS) is 16.8. The van der Waals surface area contributed by atoms with E-state index < -0.39 is 0 Å². The number of phenolic OH excluding ortho intramolecular Hbond substituents is 2. The van der Waals surface area contributed by atoms with Crippen molar-refractivity contribution < 1.29 is 29.2 Å². The topological polar surface area (TPSA) is 93.0 Å². The maximum atomic E-state index is 11.5. The SMILES string of the molecule is COc1cc2c3c(c1O)Oc1ccc(cc1)CC1=NCCc4cc(OC)c(c(O)c41)OCc1ccc(cc1)C[C@H]3N(C)CC2.Cl.Cl. The lowest BCUT2D eigenvalue weighted by Crippen LogP contribution is -2.33. The third-order valence-electron chi connectivity index (χ3n) is 9.01. The third-order valence-corrected chi connectivity index (χ3v) is 9.01. The largest absolute Gasteiger partial charge is 0.504 e. The molecule has 10 rings (SSSR count). The molecule has 0 amide bonds.